The molecule has 0 saturated heterocycles. The van der Waals surface area contributed by atoms with Crippen molar-refractivity contribution < 1.29 is 4.65 Å². The molecule has 0 aromatic rings. The first kappa shape index (κ1) is 13.7. The van der Waals surface area contributed by atoms with Gasteiger partial charge in [0, 0.05) is 0 Å². The van der Waals surface area contributed by atoms with E-state index >= 15 is 0 Å². The lowest BCUT2D eigenvalue weighted by Crippen LogP contribution is -2.42. The molecular weight excluding hydrogens is 174 g/mol. The van der Waals surface area contributed by atoms with E-state index in [0.717, 1.165) is 32.2 Å². The predicted molar refractivity (Wildman–Crippen MR) is 62.9 cm³/mol. The smallest absolute Gasteiger partial charge is 0.0783 e. The molecule has 0 N–H and O–H groups in total. The lowest BCUT2D eigenvalue weighted by Gasteiger charge is -2.41. The van der Waals surface area contributed by atoms with Gasteiger partial charge in [-0.15, -0.1) is 0 Å². The number of quaternary nitrogens is 1. The Balaban J connectivity index is 3.47. The lowest BCUT2D eigenvalue weighted by atomic mass is 10.2. The minimum Gasteiger partial charge on any atom is -0.633 e. The molecule has 0 aliphatic rings. The summed E-state index contributed by atoms with van der Waals surface area (Å²) in [4.78, 5) is 0. The maximum atomic E-state index is 11.8. The second-order valence-electron chi connectivity index (χ2n) is 3.79. The van der Waals surface area contributed by atoms with Crippen molar-refractivity contribution in [1.82, 2.24) is 0 Å². The molecular formula is C12H25NO. The Kier molecular flexibility index (Phi) is 7.81. The van der Waals surface area contributed by atoms with E-state index < -0.39 is 0 Å². The highest BCUT2D eigenvalue weighted by atomic mass is 16.5. The summed E-state index contributed by atoms with van der Waals surface area (Å²) in [6.07, 6.45) is 8.86. The van der Waals surface area contributed by atoms with E-state index in [0.29, 0.717) is 13.1 Å². The Labute approximate surface area is 88.8 Å². The topological polar surface area (TPSA) is 23.1 Å². The van der Waals surface area contributed by atoms with E-state index in [-0.39, 0.29) is 4.65 Å². The molecule has 0 unspecified atom stereocenters. The van der Waals surface area contributed by atoms with Gasteiger partial charge in [0.25, 0.3) is 0 Å². The van der Waals surface area contributed by atoms with Gasteiger partial charge in [0.15, 0.2) is 0 Å². The minimum atomic E-state index is -0.0164. The number of hydrogen-bond donors (Lipinski definition) is 0. The molecule has 0 heterocycles. The summed E-state index contributed by atoms with van der Waals surface area (Å²) in [5, 5.41) is 11.8. The molecule has 0 fully saturated rings. The lowest BCUT2D eigenvalue weighted by molar-refractivity contribution is -0.877. The predicted octanol–water partition coefficient (Wildman–Crippen LogP) is 3.48. The summed E-state index contributed by atoms with van der Waals surface area (Å²) >= 11 is 0. The van der Waals surface area contributed by atoms with Crippen molar-refractivity contribution in [2.75, 3.05) is 19.6 Å². The van der Waals surface area contributed by atoms with Crippen LogP contribution >= 0.6 is 0 Å². The van der Waals surface area contributed by atoms with Gasteiger partial charge in [-0.05, 0) is 39.5 Å². The van der Waals surface area contributed by atoms with E-state index in [9.17, 15) is 5.21 Å². The Morgan fingerprint density at radius 1 is 1.00 bits per heavy atom. The molecule has 0 bridgehead atoms. The highest BCUT2D eigenvalue weighted by Gasteiger charge is 2.09. The van der Waals surface area contributed by atoms with Crippen LogP contribution in [-0.4, -0.2) is 24.3 Å². The Morgan fingerprint density at radius 2 is 1.64 bits per heavy atom. The van der Waals surface area contributed by atoms with E-state index in [1.54, 1.807) is 0 Å². The summed E-state index contributed by atoms with van der Waals surface area (Å²) in [6, 6.07) is 0. The first-order valence-corrected chi connectivity index (χ1v) is 5.90. The largest absolute Gasteiger partial charge is 0.633 e. The monoisotopic (exact) mass is 199 g/mol. The fourth-order valence-corrected chi connectivity index (χ4v) is 1.49. The van der Waals surface area contributed by atoms with Crippen LogP contribution < -0.4 is 0 Å². The van der Waals surface area contributed by atoms with Gasteiger partial charge in [0.1, 0.15) is 0 Å². The average molecular weight is 199 g/mol. The van der Waals surface area contributed by atoms with Crippen molar-refractivity contribution >= 4 is 0 Å². The number of unbranched alkanes of at least 4 members (excludes halogenated alkanes) is 2. The second-order valence-corrected chi connectivity index (χ2v) is 3.79. The standard InChI is InChI=1S/C12H25NO/c1-4-7-8-9-10-11-12-13(14,5-2)6-3/h7-8H,4-6,9-12H2,1-3H3/b8-7+. The maximum Gasteiger partial charge on any atom is 0.0783 e. The van der Waals surface area contributed by atoms with Gasteiger partial charge in [-0.25, -0.2) is 0 Å². The van der Waals surface area contributed by atoms with E-state index in [1.807, 2.05) is 13.8 Å². The van der Waals surface area contributed by atoms with Crippen LogP contribution in [0.4, 0.5) is 0 Å². The van der Waals surface area contributed by atoms with Gasteiger partial charge < -0.3 is 9.85 Å². The number of hydrogen-bond acceptors (Lipinski definition) is 1. The molecule has 0 atom stereocenters. The van der Waals surface area contributed by atoms with Crippen molar-refractivity contribution in [1.29, 1.82) is 0 Å². The molecule has 0 aliphatic carbocycles. The summed E-state index contributed by atoms with van der Waals surface area (Å²) in [5.41, 5.74) is 0. The fourth-order valence-electron chi connectivity index (χ4n) is 1.49. The van der Waals surface area contributed by atoms with Crippen molar-refractivity contribution in [3.63, 3.8) is 0 Å². The molecule has 0 rings (SSSR count). The summed E-state index contributed by atoms with van der Waals surface area (Å²) in [6.45, 7) is 8.31. The van der Waals surface area contributed by atoms with Crippen LogP contribution in [0.2, 0.25) is 0 Å². The van der Waals surface area contributed by atoms with Crippen LogP contribution in [0, 0.1) is 5.21 Å². The maximum absolute atomic E-state index is 11.8. The van der Waals surface area contributed by atoms with Gasteiger partial charge in [-0.2, -0.15) is 0 Å². The number of allylic oxidation sites excluding steroid dienone is 2. The zero-order chi connectivity index (χ0) is 10.9. The van der Waals surface area contributed by atoms with Gasteiger partial charge >= 0.3 is 0 Å². The molecule has 0 spiro atoms. The first-order chi connectivity index (χ1) is 6.68. The van der Waals surface area contributed by atoms with Crippen molar-refractivity contribution in [3.05, 3.63) is 17.4 Å². The Morgan fingerprint density at radius 3 is 2.14 bits per heavy atom. The van der Waals surface area contributed by atoms with Gasteiger partial charge in [-0.3, -0.25) is 0 Å². The van der Waals surface area contributed by atoms with E-state index in [4.69, 9.17) is 0 Å². The van der Waals surface area contributed by atoms with Crippen LogP contribution in [-0.2, 0) is 0 Å². The van der Waals surface area contributed by atoms with Gasteiger partial charge in [0.2, 0.25) is 0 Å². The van der Waals surface area contributed by atoms with Crippen LogP contribution in [0.5, 0.6) is 0 Å². The summed E-state index contributed by atoms with van der Waals surface area (Å²) in [5.74, 6) is 0. The number of hydroxylamine groups is 3. The number of rotatable bonds is 8. The molecule has 14 heavy (non-hydrogen) atoms. The molecule has 0 radical (unpaired) electrons. The molecule has 0 aromatic carbocycles. The molecule has 0 saturated carbocycles. The molecule has 84 valence electrons. The molecule has 0 aromatic heterocycles. The zero-order valence-electron chi connectivity index (χ0n) is 9.96. The Hall–Kier alpha value is -0.340. The van der Waals surface area contributed by atoms with E-state index in [2.05, 4.69) is 19.1 Å². The quantitative estimate of drug-likeness (QED) is 0.254. The van der Waals surface area contributed by atoms with Crippen LogP contribution in [0.25, 0.3) is 0 Å². The van der Waals surface area contributed by atoms with Crippen LogP contribution in [0.1, 0.15) is 46.5 Å². The third-order valence-corrected chi connectivity index (χ3v) is 2.74. The van der Waals surface area contributed by atoms with Crippen molar-refractivity contribution in [2.24, 2.45) is 0 Å². The third-order valence-electron chi connectivity index (χ3n) is 2.74. The van der Waals surface area contributed by atoms with Gasteiger partial charge in [-0.1, -0.05) is 19.1 Å². The highest BCUT2D eigenvalue weighted by Crippen LogP contribution is 2.07. The first-order valence-electron chi connectivity index (χ1n) is 5.90. The number of nitrogens with zero attached hydrogens (tertiary/aromatic N) is 1. The third kappa shape index (κ3) is 6.17. The molecule has 0 amide bonds. The second kappa shape index (κ2) is 8.01. The Bertz CT molecular complexity index is 150. The van der Waals surface area contributed by atoms with Crippen molar-refractivity contribution in [2.45, 2.75) is 46.5 Å². The molecule has 0 aliphatic heterocycles. The minimum absolute atomic E-state index is 0.0164. The van der Waals surface area contributed by atoms with Crippen molar-refractivity contribution in [3.8, 4) is 0 Å². The van der Waals surface area contributed by atoms with Crippen LogP contribution in [0.3, 0.4) is 0 Å². The average Bonchev–Trinajstić information content (AvgIpc) is 2.23. The fraction of sp³-hybridized carbons (Fsp3) is 0.833. The van der Waals surface area contributed by atoms with Crippen LogP contribution in [0.15, 0.2) is 12.2 Å². The molecule has 2 heteroatoms. The highest BCUT2D eigenvalue weighted by molar-refractivity contribution is 4.79. The summed E-state index contributed by atoms with van der Waals surface area (Å²) < 4.78 is -0.0164. The zero-order valence-corrected chi connectivity index (χ0v) is 9.96. The van der Waals surface area contributed by atoms with Gasteiger partial charge in [0.05, 0.1) is 19.6 Å². The molecule has 2 nitrogen and oxygen atoms in total. The SMILES string of the molecule is CC/C=C/CCCC[N+]([O-])(CC)CC. The van der Waals surface area contributed by atoms with E-state index in [1.165, 1.54) is 0 Å². The normalized spacial score (nSPS) is 12.6. The summed E-state index contributed by atoms with van der Waals surface area (Å²) in [7, 11) is 0.